The summed E-state index contributed by atoms with van der Waals surface area (Å²) in [5, 5.41) is 5.99. The molecule has 0 fully saturated rings. The molecule has 100 valence electrons. The molecule has 0 aliphatic heterocycles. The summed E-state index contributed by atoms with van der Waals surface area (Å²) in [7, 11) is 0. The number of rotatable bonds is 4. The Morgan fingerprint density at radius 2 is 1.90 bits per heavy atom. The van der Waals surface area contributed by atoms with E-state index in [1.807, 2.05) is 12.4 Å². The molecule has 0 spiro atoms. The first-order valence-electron chi connectivity index (χ1n) is 6.91. The summed E-state index contributed by atoms with van der Waals surface area (Å²) in [6.07, 6.45) is 3.77. The predicted octanol–water partition coefficient (Wildman–Crippen LogP) is 3.83. The van der Waals surface area contributed by atoms with Crippen LogP contribution >= 0.6 is 0 Å². The van der Waals surface area contributed by atoms with Crippen molar-refractivity contribution in [3.05, 3.63) is 77.6 Å². The summed E-state index contributed by atoms with van der Waals surface area (Å²) in [5.74, 6) is 0. The lowest BCUT2D eigenvalue weighted by Crippen LogP contribution is -2.13. The molecule has 0 amide bonds. The Morgan fingerprint density at radius 1 is 1.00 bits per heavy atom. The smallest absolute Gasteiger partial charge is 0.0346 e. The van der Waals surface area contributed by atoms with Crippen LogP contribution in [0.1, 0.15) is 16.7 Å². The van der Waals surface area contributed by atoms with E-state index in [0.717, 1.165) is 13.1 Å². The molecule has 2 nitrogen and oxygen atoms in total. The van der Waals surface area contributed by atoms with Gasteiger partial charge in [0.2, 0.25) is 0 Å². The van der Waals surface area contributed by atoms with Crippen molar-refractivity contribution in [3.63, 3.8) is 0 Å². The first kappa shape index (κ1) is 12.8. The number of nitrogens with zero attached hydrogens (tertiary/aromatic N) is 1. The zero-order valence-electron chi connectivity index (χ0n) is 11.6. The molecule has 0 bridgehead atoms. The van der Waals surface area contributed by atoms with E-state index in [-0.39, 0.29) is 0 Å². The SMILES string of the molecule is Cc1cccc(CNCc2cccc3cnccc23)c1. The number of aryl methyl sites for hydroxylation is 1. The van der Waals surface area contributed by atoms with E-state index in [1.165, 1.54) is 27.5 Å². The topological polar surface area (TPSA) is 24.9 Å². The van der Waals surface area contributed by atoms with Crippen LogP contribution in [-0.4, -0.2) is 4.98 Å². The number of fused-ring (bicyclic) bond motifs is 1. The van der Waals surface area contributed by atoms with E-state index >= 15 is 0 Å². The average molecular weight is 262 g/mol. The summed E-state index contributed by atoms with van der Waals surface area (Å²) >= 11 is 0. The molecule has 0 atom stereocenters. The van der Waals surface area contributed by atoms with Crippen molar-refractivity contribution in [2.75, 3.05) is 0 Å². The highest BCUT2D eigenvalue weighted by Gasteiger charge is 2.00. The number of aromatic nitrogens is 1. The van der Waals surface area contributed by atoms with Crippen molar-refractivity contribution < 1.29 is 0 Å². The maximum absolute atomic E-state index is 4.17. The zero-order chi connectivity index (χ0) is 13.8. The molecule has 1 N–H and O–H groups in total. The molecule has 3 aromatic rings. The third kappa shape index (κ3) is 2.86. The Hall–Kier alpha value is -2.19. The van der Waals surface area contributed by atoms with Gasteiger partial charge in [0.05, 0.1) is 0 Å². The van der Waals surface area contributed by atoms with E-state index in [9.17, 15) is 0 Å². The lowest BCUT2D eigenvalue weighted by molar-refractivity contribution is 0.696. The zero-order valence-corrected chi connectivity index (χ0v) is 11.6. The van der Waals surface area contributed by atoms with Crippen molar-refractivity contribution in [1.29, 1.82) is 0 Å². The third-order valence-electron chi connectivity index (χ3n) is 3.50. The first-order chi connectivity index (χ1) is 9.83. The molecule has 0 aliphatic rings. The number of pyridine rings is 1. The summed E-state index contributed by atoms with van der Waals surface area (Å²) in [6, 6.07) is 17.1. The molecule has 1 aromatic heterocycles. The van der Waals surface area contributed by atoms with Gasteiger partial charge < -0.3 is 5.32 Å². The molecule has 0 saturated carbocycles. The van der Waals surface area contributed by atoms with Crippen LogP contribution in [0.5, 0.6) is 0 Å². The Bertz CT molecular complexity index is 714. The Labute approximate surface area is 119 Å². The van der Waals surface area contributed by atoms with Gasteiger partial charge in [0, 0.05) is 30.9 Å². The molecular weight excluding hydrogens is 244 g/mol. The van der Waals surface area contributed by atoms with Gasteiger partial charge in [-0.1, -0.05) is 48.0 Å². The standard InChI is InChI=1S/C18H18N2/c1-14-4-2-5-15(10-14)11-20-13-17-7-3-6-16-12-19-9-8-18(16)17/h2-10,12,20H,11,13H2,1H3. The van der Waals surface area contributed by atoms with Crippen LogP contribution in [0.2, 0.25) is 0 Å². The van der Waals surface area contributed by atoms with Crippen LogP contribution in [0.25, 0.3) is 10.8 Å². The van der Waals surface area contributed by atoms with Crippen LogP contribution < -0.4 is 5.32 Å². The fraction of sp³-hybridized carbons (Fsp3) is 0.167. The van der Waals surface area contributed by atoms with E-state index < -0.39 is 0 Å². The molecule has 0 aliphatic carbocycles. The quantitative estimate of drug-likeness (QED) is 0.773. The number of benzene rings is 2. The molecule has 1 heterocycles. The second-order valence-electron chi connectivity index (χ2n) is 5.11. The summed E-state index contributed by atoms with van der Waals surface area (Å²) in [5.41, 5.74) is 3.95. The summed E-state index contributed by atoms with van der Waals surface area (Å²) < 4.78 is 0. The van der Waals surface area contributed by atoms with E-state index in [1.54, 1.807) is 0 Å². The second-order valence-corrected chi connectivity index (χ2v) is 5.11. The van der Waals surface area contributed by atoms with Gasteiger partial charge in [-0.25, -0.2) is 0 Å². The van der Waals surface area contributed by atoms with E-state index in [4.69, 9.17) is 0 Å². The first-order valence-corrected chi connectivity index (χ1v) is 6.91. The molecule has 0 unspecified atom stereocenters. The fourth-order valence-electron chi connectivity index (χ4n) is 2.51. The molecule has 2 heteroatoms. The van der Waals surface area contributed by atoms with Crippen molar-refractivity contribution in [3.8, 4) is 0 Å². The maximum Gasteiger partial charge on any atom is 0.0346 e. The fourth-order valence-corrected chi connectivity index (χ4v) is 2.51. The minimum absolute atomic E-state index is 0.870. The summed E-state index contributed by atoms with van der Waals surface area (Å²) in [4.78, 5) is 4.17. The third-order valence-corrected chi connectivity index (χ3v) is 3.50. The van der Waals surface area contributed by atoms with Crippen LogP contribution in [0.15, 0.2) is 60.9 Å². The highest BCUT2D eigenvalue weighted by atomic mass is 14.8. The predicted molar refractivity (Wildman–Crippen MR) is 83.5 cm³/mol. The maximum atomic E-state index is 4.17. The highest BCUT2D eigenvalue weighted by Crippen LogP contribution is 2.17. The van der Waals surface area contributed by atoms with Gasteiger partial charge in [-0.05, 0) is 29.5 Å². The molecule has 0 radical (unpaired) electrons. The van der Waals surface area contributed by atoms with E-state index in [2.05, 4.69) is 65.8 Å². The van der Waals surface area contributed by atoms with Crippen LogP contribution in [0.3, 0.4) is 0 Å². The van der Waals surface area contributed by atoms with Gasteiger partial charge in [-0.2, -0.15) is 0 Å². The van der Waals surface area contributed by atoms with Gasteiger partial charge in [0.25, 0.3) is 0 Å². The van der Waals surface area contributed by atoms with Crippen molar-refractivity contribution in [1.82, 2.24) is 10.3 Å². The minimum atomic E-state index is 0.870. The van der Waals surface area contributed by atoms with Crippen LogP contribution in [0, 0.1) is 6.92 Å². The number of hydrogen-bond donors (Lipinski definition) is 1. The normalized spacial score (nSPS) is 10.8. The molecule has 20 heavy (non-hydrogen) atoms. The average Bonchev–Trinajstić information content (AvgIpc) is 2.48. The monoisotopic (exact) mass is 262 g/mol. The van der Waals surface area contributed by atoms with Gasteiger partial charge in [0.1, 0.15) is 0 Å². The van der Waals surface area contributed by atoms with Crippen LogP contribution in [-0.2, 0) is 13.1 Å². The van der Waals surface area contributed by atoms with Crippen molar-refractivity contribution in [2.24, 2.45) is 0 Å². The van der Waals surface area contributed by atoms with Gasteiger partial charge in [-0.3, -0.25) is 4.98 Å². The Kier molecular flexibility index (Phi) is 3.75. The number of nitrogens with one attached hydrogen (secondary N) is 1. The molecule has 2 aromatic carbocycles. The Morgan fingerprint density at radius 3 is 2.80 bits per heavy atom. The van der Waals surface area contributed by atoms with Crippen molar-refractivity contribution in [2.45, 2.75) is 20.0 Å². The molecule has 3 rings (SSSR count). The highest BCUT2D eigenvalue weighted by molar-refractivity contribution is 5.84. The molecular formula is C18H18N2. The minimum Gasteiger partial charge on any atom is -0.309 e. The van der Waals surface area contributed by atoms with Gasteiger partial charge in [-0.15, -0.1) is 0 Å². The molecule has 0 saturated heterocycles. The lowest BCUT2D eigenvalue weighted by Gasteiger charge is -2.08. The van der Waals surface area contributed by atoms with Gasteiger partial charge in [0.15, 0.2) is 0 Å². The largest absolute Gasteiger partial charge is 0.309 e. The van der Waals surface area contributed by atoms with E-state index in [0.29, 0.717) is 0 Å². The van der Waals surface area contributed by atoms with Crippen LogP contribution in [0.4, 0.5) is 0 Å². The van der Waals surface area contributed by atoms with Crippen molar-refractivity contribution >= 4 is 10.8 Å². The van der Waals surface area contributed by atoms with Gasteiger partial charge >= 0.3 is 0 Å². The Balaban J connectivity index is 1.71. The second kappa shape index (κ2) is 5.85. The number of hydrogen-bond acceptors (Lipinski definition) is 2. The lowest BCUT2D eigenvalue weighted by atomic mass is 10.1. The summed E-state index contributed by atoms with van der Waals surface area (Å²) in [6.45, 7) is 3.89.